The lowest BCUT2D eigenvalue weighted by Crippen LogP contribution is -2.28. The van der Waals surface area contributed by atoms with Crippen LogP contribution in [0.1, 0.15) is 29.8 Å². The van der Waals surface area contributed by atoms with Crippen molar-refractivity contribution in [2.24, 2.45) is 5.92 Å². The monoisotopic (exact) mass is 225 g/mol. The summed E-state index contributed by atoms with van der Waals surface area (Å²) in [4.78, 5) is 11.7. The van der Waals surface area contributed by atoms with E-state index in [2.05, 4.69) is 5.32 Å². The zero-order valence-corrected chi connectivity index (χ0v) is 9.67. The topological polar surface area (TPSA) is 49.3 Å². The molecule has 4 heteroatoms. The summed E-state index contributed by atoms with van der Waals surface area (Å²) in [5.41, 5.74) is 0.428. The molecule has 0 spiro atoms. The molecule has 0 fully saturated rings. The largest absolute Gasteiger partial charge is 0.508 e. The minimum Gasteiger partial charge on any atom is -0.508 e. The van der Waals surface area contributed by atoms with Gasteiger partial charge in [0, 0.05) is 12.6 Å². The number of carbonyl (C=O) groups is 1. The lowest BCUT2D eigenvalue weighted by Gasteiger charge is -2.10. The maximum Gasteiger partial charge on any atom is 0.254 e. The average Bonchev–Trinajstić information content (AvgIpc) is 2.12. The van der Waals surface area contributed by atoms with Crippen LogP contribution < -0.4 is 5.32 Å². The molecule has 1 aromatic carbocycles. The number of phenols is 1. The van der Waals surface area contributed by atoms with Crippen molar-refractivity contribution in [2.75, 3.05) is 6.54 Å². The Balaban J connectivity index is 2.91. The SMILES string of the molecule is Cc1cc(O)cc(F)c1C(=O)NCC(C)C. The van der Waals surface area contributed by atoms with Crippen LogP contribution in [0.5, 0.6) is 5.75 Å². The smallest absolute Gasteiger partial charge is 0.254 e. The summed E-state index contributed by atoms with van der Waals surface area (Å²) in [6.07, 6.45) is 0. The molecule has 0 atom stereocenters. The minimum atomic E-state index is -0.696. The molecule has 16 heavy (non-hydrogen) atoms. The number of carbonyl (C=O) groups excluding carboxylic acids is 1. The van der Waals surface area contributed by atoms with E-state index in [9.17, 15) is 9.18 Å². The van der Waals surface area contributed by atoms with Crippen molar-refractivity contribution in [2.45, 2.75) is 20.8 Å². The van der Waals surface area contributed by atoms with Crippen molar-refractivity contribution in [3.63, 3.8) is 0 Å². The van der Waals surface area contributed by atoms with Crippen molar-refractivity contribution >= 4 is 5.91 Å². The number of nitrogens with one attached hydrogen (secondary N) is 1. The normalized spacial score (nSPS) is 10.6. The molecule has 0 saturated carbocycles. The van der Waals surface area contributed by atoms with Crippen LogP contribution in [0, 0.1) is 18.7 Å². The van der Waals surface area contributed by atoms with Crippen molar-refractivity contribution in [1.29, 1.82) is 0 Å². The van der Waals surface area contributed by atoms with Crippen LogP contribution in [0.15, 0.2) is 12.1 Å². The zero-order valence-electron chi connectivity index (χ0n) is 9.67. The second-order valence-electron chi connectivity index (χ2n) is 4.22. The van der Waals surface area contributed by atoms with E-state index in [1.807, 2.05) is 13.8 Å². The molecule has 0 heterocycles. The van der Waals surface area contributed by atoms with Crippen LogP contribution >= 0.6 is 0 Å². The lowest BCUT2D eigenvalue weighted by molar-refractivity contribution is 0.0944. The van der Waals surface area contributed by atoms with Gasteiger partial charge in [0.05, 0.1) is 5.56 Å². The lowest BCUT2D eigenvalue weighted by atomic mass is 10.1. The van der Waals surface area contributed by atoms with E-state index in [0.717, 1.165) is 6.07 Å². The molecule has 0 unspecified atom stereocenters. The Bertz CT molecular complexity index is 379. The number of benzene rings is 1. The van der Waals surface area contributed by atoms with Crippen molar-refractivity contribution in [1.82, 2.24) is 5.32 Å². The van der Waals surface area contributed by atoms with Crippen LogP contribution in [0.3, 0.4) is 0 Å². The van der Waals surface area contributed by atoms with Gasteiger partial charge in [-0.25, -0.2) is 4.39 Å². The van der Waals surface area contributed by atoms with Gasteiger partial charge in [-0.1, -0.05) is 13.8 Å². The van der Waals surface area contributed by atoms with Gasteiger partial charge in [-0.05, 0) is 24.5 Å². The van der Waals surface area contributed by atoms with Gasteiger partial charge in [-0.2, -0.15) is 0 Å². The van der Waals surface area contributed by atoms with E-state index >= 15 is 0 Å². The molecule has 1 aromatic rings. The summed E-state index contributed by atoms with van der Waals surface area (Å²) >= 11 is 0. The molecule has 3 nitrogen and oxygen atoms in total. The number of rotatable bonds is 3. The Hall–Kier alpha value is -1.58. The molecule has 1 rings (SSSR count). The van der Waals surface area contributed by atoms with E-state index < -0.39 is 11.7 Å². The van der Waals surface area contributed by atoms with Crippen LogP contribution in [0.2, 0.25) is 0 Å². The molecule has 0 radical (unpaired) electrons. The molecule has 1 amide bonds. The fourth-order valence-corrected chi connectivity index (χ4v) is 1.40. The number of hydrogen-bond acceptors (Lipinski definition) is 2. The predicted octanol–water partition coefficient (Wildman–Crippen LogP) is 2.23. The molecular formula is C12H16FNO2. The average molecular weight is 225 g/mol. The van der Waals surface area contributed by atoms with Crippen LogP contribution in [-0.4, -0.2) is 17.6 Å². The molecule has 0 saturated heterocycles. The Kier molecular flexibility index (Phi) is 3.88. The van der Waals surface area contributed by atoms with Crippen LogP contribution in [0.4, 0.5) is 4.39 Å². The summed E-state index contributed by atoms with van der Waals surface area (Å²) in [5.74, 6) is -0.998. The number of hydrogen-bond donors (Lipinski definition) is 2. The molecule has 0 aliphatic carbocycles. The highest BCUT2D eigenvalue weighted by atomic mass is 19.1. The van der Waals surface area contributed by atoms with E-state index in [1.165, 1.54) is 6.07 Å². The minimum absolute atomic E-state index is 0.00144. The van der Waals surface area contributed by atoms with E-state index in [4.69, 9.17) is 5.11 Å². The predicted molar refractivity (Wildman–Crippen MR) is 60.0 cm³/mol. The van der Waals surface area contributed by atoms with Gasteiger partial charge < -0.3 is 10.4 Å². The standard InChI is InChI=1S/C12H16FNO2/c1-7(2)6-14-12(16)11-8(3)4-9(15)5-10(11)13/h4-5,7,15H,6H2,1-3H3,(H,14,16). The highest BCUT2D eigenvalue weighted by Crippen LogP contribution is 2.19. The number of amides is 1. The third kappa shape index (κ3) is 2.95. The summed E-state index contributed by atoms with van der Waals surface area (Å²) in [7, 11) is 0. The van der Waals surface area contributed by atoms with Gasteiger partial charge in [0.1, 0.15) is 11.6 Å². The fraction of sp³-hybridized carbons (Fsp3) is 0.417. The van der Waals surface area contributed by atoms with Gasteiger partial charge in [0.2, 0.25) is 0 Å². The maximum absolute atomic E-state index is 13.5. The zero-order chi connectivity index (χ0) is 12.3. The molecule has 0 aliphatic rings. The van der Waals surface area contributed by atoms with Crippen molar-refractivity contribution in [3.8, 4) is 5.75 Å². The second kappa shape index (κ2) is 4.96. The quantitative estimate of drug-likeness (QED) is 0.828. The van der Waals surface area contributed by atoms with E-state index in [1.54, 1.807) is 6.92 Å². The molecule has 0 bridgehead atoms. The van der Waals surface area contributed by atoms with Gasteiger partial charge in [0.25, 0.3) is 5.91 Å². The third-order valence-corrected chi connectivity index (χ3v) is 2.17. The van der Waals surface area contributed by atoms with Gasteiger partial charge in [-0.15, -0.1) is 0 Å². The number of phenolic OH excluding ortho intramolecular Hbond substituents is 1. The van der Waals surface area contributed by atoms with E-state index in [-0.39, 0.29) is 11.3 Å². The van der Waals surface area contributed by atoms with E-state index in [0.29, 0.717) is 18.0 Å². The molecule has 2 N–H and O–H groups in total. The first kappa shape index (κ1) is 12.5. The molecular weight excluding hydrogens is 209 g/mol. The van der Waals surface area contributed by atoms with Gasteiger partial charge in [0.15, 0.2) is 0 Å². The molecule has 0 aromatic heterocycles. The second-order valence-corrected chi connectivity index (χ2v) is 4.22. The Morgan fingerprint density at radius 2 is 2.12 bits per heavy atom. The van der Waals surface area contributed by atoms with Crippen molar-refractivity contribution < 1.29 is 14.3 Å². The molecule has 0 aliphatic heterocycles. The number of aryl methyl sites for hydroxylation is 1. The first-order chi connectivity index (χ1) is 7.41. The highest BCUT2D eigenvalue weighted by Gasteiger charge is 2.15. The number of halogens is 1. The summed E-state index contributed by atoms with van der Waals surface area (Å²) in [6.45, 7) is 6.01. The summed E-state index contributed by atoms with van der Waals surface area (Å²) in [5, 5.41) is 11.8. The van der Waals surface area contributed by atoms with Gasteiger partial charge in [-0.3, -0.25) is 4.79 Å². The van der Waals surface area contributed by atoms with Crippen molar-refractivity contribution in [3.05, 3.63) is 29.1 Å². The Labute approximate surface area is 94.3 Å². The van der Waals surface area contributed by atoms with Crippen LogP contribution in [0.25, 0.3) is 0 Å². The first-order valence-electron chi connectivity index (χ1n) is 5.19. The summed E-state index contributed by atoms with van der Waals surface area (Å²) < 4.78 is 13.5. The third-order valence-electron chi connectivity index (χ3n) is 2.17. The van der Waals surface area contributed by atoms with Crippen LogP contribution in [-0.2, 0) is 0 Å². The fourth-order valence-electron chi connectivity index (χ4n) is 1.40. The first-order valence-corrected chi connectivity index (χ1v) is 5.19. The van der Waals surface area contributed by atoms with Gasteiger partial charge >= 0.3 is 0 Å². The molecule has 88 valence electrons. The Morgan fingerprint density at radius 3 is 2.62 bits per heavy atom. The highest BCUT2D eigenvalue weighted by molar-refractivity contribution is 5.96. The summed E-state index contributed by atoms with van der Waals surface area (Å²) in [6, 6.07) is 2.31. The Morgan fingerprint density at radius 1 is 1.50 bits per heavy atom. The maximum atomic E-state index is 13.5. The number of aromatic hydroxyl groups is 1.